The number of benzene rings is 1. The first-order valence-electron chi connectivity index (χ1n) is 7.04. The van der Waals surface area contributed by atoms with E-state index < -0.39 is 0 Å². The Labute approximate surface area is 140 Å². The molecule has 21 heavy (non-hydrogen) atoms. The van der Waals surface area contributed by atoms with E-state index in [2.05, 4.69) is 35.0 Å². The Bertz CT molecular complexity index is 409. The minimum atomic E-state index is 0. The topological polar surface area (TPSA) is 24.5 Å². The summed E-state index contributed by atoms with van der Waals surface area (Å²) in [4.78, 5) is 2.56. The molecule has 1 heterocycles. The van der Waals surface area contributed by atoms with E-state index in [1.165, 1.54) is 5.56 Å². The zero-order valence-electron chi connectivity index (χ0n) is 12.6. The third kappa shape index (κ3) is 5.87. The normalized spacial score (nSPS) is 16.2. The van der Waals surface area contributed by atoms with Gasteiger partial charge in [-0.25, -0.2) is 0 Å². The molecule has 5 heteroatoms. The van der Waals surface area contributed by atoms with E-state index in [4.69, 9.17) is 4.74 Å². The van der Waals surface area contributed by atoms with Crippen molar-refractivity contribution in [2.75, 3.05) is 33.3 Å². The van der Waals surface area contributed by atoms with Crippen molar-refractivity contribution < 1.29 is 4.74 Å². The maximum absolute atomic E-state index is 5.35. The van der Waals surface area contributed by atoms with Gasteiger partial charge in [-0.2, -0.15) is 0 Å². The highest BCUT2D eigenvalue weighted by Gasteiger charge is 2.21. The third-order valence-electron chi connectivity index (χ3n) is 3.72. The first-order chi connectivity index (χ1) is 9.35. The lowest BCUT2D eigenvalue weighted by Gasteiger charge is -2.35. The van der Waals surface area contributed by atoms with Crippen molar-refractivity contribution in [3.8, 4) is 5.75 Å². The van der Waals surface area contributed by atoms with Gasteiger partial charge in [0.15, 0.2) is 0 Å². The van der Waals surface area contributed by atoms with Crippen LogP contribution in [0.3, 0.4) is 0 Å². The smallest absolute Gasteiger partial charge is 0.119 e. The highest BCUT2D eigenvalue weighted by atomic mass is 35.5. The SMILES string of the molecule is C=CCC[C@@H](c1cccc(OC)c1)N1CCNCC1.Cl.Cl. The zero-order valence-corrected chi connectivity index (χ0v) is 14.2. The van der Waals surface area contributed by atoms with E-state index in [1.54, 1.807) is 7.11 Å². The van der Waals surface area contributed by atoms with E-state index in [0.29, 0.717) is 6.04 Å². The molecule has 0 amide bonds. The largest absolute Gasteiger partial charge is 0.497 e. The van der Waals surface area contributed by atoms with Crippen molar-refractivity contribution in [1.29, 1.82) is 0 Å². The molecule has 1 aliphatic heterocycles. The van der Waals surface area contributed by atoms with Gasteiger partial charge in [0.1, 0.15) is 5.75 Å². The van der Waals surface area contributed by atoms with Gasteiger partial charge >= 0.3 is 0 Å². The van der Waals surface area contributed by atoms with E-state index in [-0.39, 0.29) is 24.8 Å². The van der Waals surface area contributed by atoms with Crippen LogP contribution in [0.25, 0.3) is 0 Å². The van der Waals surface area contributed by atoms with Crippen molar-refractivity contribution in [1.82, 2.24) is 10.2 Å². The van der Waals surface area contributed by atoms with Crippen molar-refractivity contribution in [2.24, 2.45) is 0 Å². The highest BCUT2D eigenvalue weighted by Crippen LogP contribution is 2.28. The summed E-state index contributed by atoms with van der Waals surface area (Å²) in [5.74, 6) is 0.941. The molecule has 0 unspecified atom stereocenters. The number of hydrogen-bond acceptors (Lipinski definition) is 3. The fourth-order valence-corrected chi connectivity index (χ4v) is 2.68. The van der Waals surface area contributed by atoms with Gasteiger partial charge in [-0.15, -0.1) is 31.4 Å². The van der Waals surface area contributed by atoms with Gasteiger partial charge in [0.2, 0.25) is 0 Å². The summed E-state index contributed by atoms with van der Waals surface area (Å²) in [7, 11) is 1.72. The number of halogens is 2. The molecule has 0 bridgehead atoms. The molecule has 1 atom stereocenters. The quantitative estimate of drug-likeness (QED) is 0.807. The number of hydrogen-bond donors (Lipinski definition) is 1. The van der Waals surface area contributed by atoms with Gasteiger partial charge in [-0.3, -0.25) is 4.90 Å². The van der Waals surface area contributed by atoms with Crippen molar-refractivity contribution >= 4 is 24.8 Å². The minimum absolute atomic E-state index is 0. The first-order valence-corrected chi connectivity index (χ1v) is 7.04. The Hall–Kier alpha value is -0.740. The molecule has 1 aromatic rings. The average molecular weight is 333 g/mol. The van der Waals surface area contributed by atoms with Gasteiger partial charge < -0.3 is 10.1 Å². The Kier molecular flexibility index (Phi) is 10.5. The Morgan fingerprint density at radius 3 is 2.67 bits per heavy atom. The lowest BCUT2D eigenvalue weighted by atomic mass is 9.99. The van der Waals surface area contributed by atoms with E-state index in [9.17, 15) is 0 Å². The van der Waals surface area contributed by atoms with Crippen LogP contribution in [-0.2, 0) is 0 Å². The number of nitrogens with one attached hydrogen (secondary N) is 1. The molecule has 1 N–H and O–H groups in total. The van der Waals surface area contributed by atoms with Crippen LogP contribution in [-0.4, -0.2) is 38.2 Å². The lowest BCUT2D eigenvalue weighted by Crippen LogP contribution is -2.45. The molecule has 3 nitrogen and oxygen atoms in total. The van der Waals surface area contributed by atoms with E-state index in [0.717, 1.165) is 44.8 Å². The molecule has 0 saturated carbocycles. The first kappa shape index (κ1) is 20.3. The lowest BCUT2D eigenvalue weighted by molar-refractivity contribution is 0.166. The van der Waals surface area contributed by atoms with Crippen LogP contribution in [0.2, 0.25) is 0 Å². The van der Waals surface area contributed by atoms with Gasteiger partial charge in [-0.1, -0.05) is 18.2 Å². The molecule has 1 aliphatic rings. The summed E-state index contributed by atoms with van der Waals surface area (Å²) < 4.78 is 5.35. The van der Waals surface area contributed by atoms with Crippen LogP contribution in [0, 0.1) is 0 Å². The highest BCUT2D eigenvalue weighted by molar-refractivity contribution is 5.85. The van der Waals surface area contributed by atoms with Crippen LogP contribution in [0.15, 0.2) is 36.9 Å². The summed E-state index contributed by atoms with van der Waals surface area (Å²) in [6.07, 6.45) is 4.18. The fraction of sp³-hybridized carbons (Fsp3) is 0.500. The predicted octanol–water partition coefficient (Wildman–Crippen LogP) is 3.45. The van der Waals surface area contributed by atoms with Gasteiger partial charge in [0.05, 0.1) is 7.11 Å². The van der Waals surface area contributed by atoms with E-state index >= 15 is 0 Å². The molecule has 0 aliphatic carbocycles. The minimum Gasteiger partial charge on any atom is -0.497 e. The Morgan fingerprint density at radius 2 is 2.05 bits per heavy atom. The summed E-state index contributed by atoms with van der Waals surface area (Å²) in [6.45, 7) is 8.23. The molecule has 1 aromatic carbocycles. The van der Waals surface area contributed by atoms with Crippen molar-refractivity contribution in [3.63, 3.8) is 0 Å². The monoisotopic (exact) mass is 332 g/mol. The molecule has 120 valence electrons. The van der Waals surface area contributed by atoms with E-state index in [1.807, 2.05) is 12.1 Å². The van der Waals surface area contributed by atoms with Gasteiger partial charge in [-0.05, 0) is 30.5 Å². The second-order valence-electron chi connectivity index (χ2n) is 4.94. The summed E-state index contributed by atoms with van der Waals surface area (Å²) in [5, 5.41) is 3.41. The number of allylic oxidation sites excluding steroid dienone is 1. The number of methoxy groups -OCH3 is 1. The molecule has 1 fully saturated rings. The van der Waals surface area contributed by atoms with Crippen LogP contribution < -0.4 is 10.1 Å². The average Bonchev–Trinajstić information content (AvgIpc) is 2.49. The molecule has 0 aromatic heterocycles. The van der Waals surface area contributed by atoms with Gasteiger partial charge in [0, 0.05) is 32.2 Å². The molecular weight excluding hydrogens is 307 g/mol. The van der Waals surface area contributed by atoms with Gasteiger partial charge in [0.25, 0.3) is 0 Å². The molecular formula is C16H26Cl2N2O. The molecule has 0 radical (unpaired) electrons. The Balaban J connectivity index is 0.00000200. The molecule has 1 saturated heterocycles. The maximum atomic E-state index is 5.35. The van der Waals surface area contributed by atoms with Crippen molar-refractivity contribution in [2.45, 2.75) is 18.9 Å². The Morgan fingerprint density at radius 1 is 1.33 bits per heavy atom. The number of ether oxygens (including phenoxy) is 1. The number of piperazine rings is 1. The molecule has 0 spiro atoms. The van der Waals surface area contributed by atoms with Crippen LogP contribution >= 0.6 is 24.8 Å². The zero-order chi connectivity index (χ0) is 13.5. The fourth-order valence-electron chi connectivity index (χ4n) is 2.68. The summed E-state index contributed by atoms with van der Waals surface area (Å²) >= 11 is 0. The number of nitrogens with zero attached hydrogens (tertiary/aromatic N) is 1. The van der Waals surface area contributed by atoms with Crippen molar-refractivity contribution in [3.05, 3.63) is 42.5 Å². The van der Waals surface area contributed by atoms with Crippen LogP contribution in [0.1, 0.15) is 24.4 Å². The van der Waals surface area contributed by atoms with Crippen LogP contribution in [0.5, 0.6) is 5.75 Å². The molecule has 2 rings (SSSR count). The second kappa shape index (κ2) is 10.9. The van der Waals surface area contributed by atoms with Crippen LogP contribution in [0.4, 0.5) is 0 Å². The number of rotatable bonds is 6. The predicted molar refractivity (Wildman–Crippen MR) is 94.1 cm³/mol. The summed E-state index contributed by atoms with van der Waals surface area (Å²) in [5.41, 5.74) is 1.35. The standard InChI is InChI=1S/C16H24N2O.2ClH/c1-3-4-8-16(18-11-9-17-10-12-18)14-6-5-7-15(13-14)19-2;;/h3,5-7,13,16-17H,1,4,8-12H2,2H3;2*1H/t16-;;/m0../s1. The second-order valence-corrected chi connectivity index (χ2v) is 4.94. The third-order valence-corrected chi connectivity index (χ3v) is 3.72. The summed E-state index contributed by atoms with van der Waals surface area (Å²) in [6, 6.07) is 8.92. The maximum Gasteiger partial charge on any atom is 0.119 e.